The summed E-state index contributed by atoms with van der Waals surface area (Å²) >= 11 is 3.37. The van der Waals surface area contributed by atoms with Gasteiger partial charge >= 0.3 is 0 Å². The number of Topliss-reactive ketones (excluding diaryl/α,β-unsaturated/α-hetero) is 1. The van der Waals surface area contributed by atoms with E-state index in [9.17, 15) is 19.5 Å². The Morgan fingerprint density at radius 2 is 1.78 bits per heavy atom. The number of carbonyl (C=O) groups excluding carboxylic acids is 3. The van der Waals surface area contributed by atoms with Crippen molar-refractivity contribution in [1.29, 1.82) is 0 Å². The number of β-amino-alcohol motifs (C(OH)–C–C–N with tert-alkyl or cyclic N) is 1. The zero-order chi connectivity index (χ0) is 32.9. The number of amides is 2. The minimum atomic E-state index is -0.683. The highest BCUT2D eigenvalue weighted by Gasteiger charge is 2.67. The lowest BCUT2D eigenvalue weighted by molar-refractivity contribution is -0.136. The first-order valence-electron chi connectivity index (χ1n) is 15.3. The highest BCUT2D eigenvalue weighted by atomic mass is 79.9. The molecular formula is C33H38BrN8O4+. The number of ketones is 1. The number of aryl methyl sites for hydroxylation is 3. The molecule has 3 aromatic rings. The van der Waals surface area contributed by atoms with Gasteiger partial charge < -0.3 is 20.6 Å². The maximum Gasteiger partial charge on any atom is 0.249 e. The fourth-order valence-electron chi connectivity index (χ4n) is 6.78. The molecule has 5 N–H and O–H groups in total. The number of aliphatic hydroxyl groups excluding tert-OH is 1. The molecule has 13 heteroatoms. The number of aromatic nitrogens is 3. The van der Waals surface area contributed by atoms with Gasteiger partial charge in [0.15, 0.2) is 0 Å². The van der Waals surface area contributed by atoms with Gasteiger partial charge in [-0.2, -0.15) is 0 Å². The molecule has 240 valence electrons. The summed E-state index contributed by atoms with van der Waals surface area (Å²) in [5.74, 6) is 0.284. The number of carbonyl (C=O) groups is 3. The van der Waals surface area contributed by atoms with E-state index in [0.717, 1.165) is 35.2 Å². The van der Waals surface area contributed by atoms with Crippen LogP contribution in [0.5, 0.6) is 0 Å². The van der Waals surface area contributed by atoms with Gasteiger partial charge in [0.2, 0.25) is 23.3 Å². The second-order valence-electron chi connectivity index (χ2n) is 12.8. The van der Waals surface area contributed by atoms with Crippen molar-refractivity contribution >= 4 is 50.7 Å². The predicted octanol–water partition coefficient (Wildman–Crippen LogP) is 1.45. The van der Waals surface area contributed by atoms with Crippen LogP contribution in [0.4, 0.5) is 11.5 Å². The first-order valence-corrected chi connectivity index (χ1v) is 16.1. The maximum absolute atomic E-state index is 14.0. The summed E-state index contributed by atoms with van der Waals surface area (Å²) in [7, 11) is 0. The lowest BCUT2D eigenvalue weighted by atomic mass is 9.95. The molecular weight excluding hydrogens is 652 g/mol. The molecule has 0 radical (unpaired) electrons. The number of nitrogens with zero attached hydrogens (tertiary/aromatic N) is 5. The number of nitrogens with two attached hydrogens (primary N) is 1. The molecule has 3 atom stereocenters. The Balaban J connectivity index is 1.25. The van der Waals surface area contributed by atoms with Crippen LogP contribution in [0.25, 0.3) is 11.1 Å². The molecule has 2 aromatic heterocycles. The molecule has 1 saturated carbocycles. The van der Waals surface area contributed by atoms with Crippen molar-refractivity contribution in [3.05, 3.63) is 63.8 Å². The second kappa shape index (κ2) is 12.3. The van der Waals surface area contributed by atoms with Crippen LogP contribution in [0.1, 0.15) is 42.3 Å². The van der Waals surface area contributed by atoms with E-state index in [1.54, 1.807) is 36.4 Å². The first-order chi connectivity index (χ1) is 21.8. The molecule has 0 unspecified atom stereocenters. The quantitative estimate of drug-likeness (QED) is 0.182. The van der Waals surface area contributed by atoms with E-state index >= 15 is 0 Å². The third kappa shape index (κ3) is 6.18. The van der Waals surface area contributed by atoms with Gasteiger partial charge in [-0.25, -0.2) is 15.0 Å². The van der Waals surface area contributed by atoms with E-state index in [1.165, 1.54) is 6.92 Å². The van der Waals surface area contributed by atoms with Gasteiger partial charge in [-0.3, -0.25) is 24.7 Å². The van der Waals surface area contributed by atoms with Gasteiger partial charge in [0.25, 0.3) is 0 Å². The number of pyridine rings is 1. The van der Waals surface area contributed by atoms with Gasteiger partial charge in [-0.1, -0.05) is 6.07 Å². The normalized spacial score (nSPS) is 22.2. The topological polar surface area (TPSA) is 166 Å². The van der Waals surface area contributed by atoms with E-state index in [1.807, 2.05) is 26.0 Å². The molecule has 1 aliphatic carbocycles. The first kappa shape index (κ1) is 31.9. The van der Waals surface area contributed by atoms with E-state index in [-0.39, 0.29) is 47.4 Å². The van der Waals surface area contributed by atoms with Gasteiger partial charge in [-0.15, -0.1) is 0 Å². The van der Waals surface area contributed by atoms with E-state index in [4.69, 9.17) is 5.41 Å². The van der Waals surface area contributed by atoms with Crippen LogP contribution in [-0.2, 0) is 14.4 Å². The highest BCUT2D eigenvalue weighted by Crippen LogP contribution is 2.60. The third-order valence-electron chi connectivity index (χ3n) is 9.33. The number of halogens is 1. The smallest absolute Gasteiger partial charge is 0.249 e. The molecule has 2 aliphatic heterocycles. The van der Waals surface area contributed by atoms with Crippen molar-refractivity contribution in [2.75, 3.05) is 36.8 Å². The lowest BCUT2D eigenvalue weighted by Crippen LogP contribution is -2.52. The van der Waals surface area contributed by atoms with E-state index < -0.39 is 6.04 Å². The summed E-state index contributed by atoms with van der Waals surface area (Å²) in [4.78, 5) is 57.1. The van der Waals surface area contributed by atoms with Crippen LogP contribution in [0, 0.1) is 26.2 Å². The number of piperidine rings is 1. The van der Waals surface area contributed by atoms with Gasteiger partial charge in [0.1, 0.15) is 22.3 Å². The molecule has 4 heterocycles. The number of fused-ring (bicyclic) bond motifs is 1. The Labute approximate surface area is 275 Å². The van der Waals surface area contributed by atoms with Gasteiger partial charge in [0, 0.05) is 56.0 Å². The van der Waals surface area contributed by atoms with Crippen molar-refractivity contribution in [1.82, 2.24) is 24.8 Å². The monoisotopic (exact) mass is 689 g/mol. The number of rotatable bonds is 10. The molecule has 6 rings (SSSR count). The van der Waals surface area contributed by atoms with Crippen molar-refractivity contribution in [2.45, 2.75) is 58.7 Å². The summed E-state index contributed by atoms with van der Waals surface area (Å²) in [6.45, 7) is 8.79. The minimum absolute atomic E-state index is 0.0705. The molecule has 1 aromatic carbocycles. The Hall–Kier alpha value is -4.07. The van der Waals surface area contributed by atoms with Gasteiger partial charge in [-0.05, 0) is 84.4 Å². The second-order valence-corrected chi connectivity index (χ2v) is 13.6. The average molecular weight is 691 g/mol. The largest absolute Gasteiger partial charge is 0.390 e. The standard InChI is InChI=1S/C33H37BrN8O4/c1-17-5-6-27(34)39-31(17)40-32(46)25-9-33(16-41-14-23(44)15-41)10-26(33)42(25)28(45)13-38-30-18(2)7-21(8-24(30)29(35)19(3)43)22-11-36-20(4)37-12-22/h5-8,11-12,23,25-26,35,38,44H,9-10,13-16H2,1-4H3,(H,39,40,46)/p+1/t25-,26+,33-/m0/s1. The summed E-state index contributed by atoms with van der Waals surface area (Å²) < 4.78 is 0.598. The molecule has 46 heavy (non-hydrogen) atoms. The third-order valence-corrected chi connectivity index (χ3v) is 9.77. The van der Waals surface area contributed by atoms with Crippen molar-refractivity contribution < 1.29 is 24.9 Å². The van der Waals surface area contributed by atoms with Gasteiger partial charge in [0.05, 0.1) is 23.9 Å². The number of hydrogen-bond acceptors (Lipinski definition) is 9. The van der Waals surface area contributed by atoms with Crippen LogP contribution >= 0.6 is 15.9 Å². The molecule has 0 spiro atoms. The van der Waals surface area contributed by atoms with Crippen LogP contribution in [0.2, 0.25) is 0 Å². The Morgan fingerprint density at radius 1 is 1.07 bits per heavy atom. The number of nitrogens with one attached hydrogen (secondary N) is 2. The molecule has 2 saturated heterocycles. The fraction of sp³-hybridized carbons (Fsp3) is 0.424. The fourth-order valence-corrected chi connectivity index (χ4v) is 7.09. The number of likely N-dealkylation sites (tertiary alicyclic amines) is 2. The number of benzene rings is 1. The lowest BCUT2D eigenvalue weighted by Gasteiger charge is -2.38. The average Bonchev–Trinajstić information content (AvgIpc) is 3.59. The molecule has 12 nitrogen and oxygen atoms in total. The zero-order valence-corrected chi connectivity index (χ0v) is 27.9. The van der Waals surface area contributed by atoms with Crippen LogP contribution in [0.15, 0.2) is 41.3 Å². The summed E-state index contributed by atoms with van der Waals surface area (Å²) in [5, 5.41) is 22.4. The number of hydrogen-bond donors (Lipinski definition) is 4. The van der Waals surface area contributed by atoms with E-state index in [0.29, 0.717) is 47.0 Å². The summed E-state index contributed by atoms with van der Waals surface area (Å²) in [6.07, 6.45) is 4.42. The number of anilines is 2. The summed E-state index contributed by atoms with van der Waals surface area (Å²) in [5.41, 5.74) is 4.09. The number of aliphatic hydroxyl groups is 1. The zero-order valence-electron chi connectivity index (χ0n) is 26.3. The molecule has 2 amide bonds. The highest BCUT2D eigenvalue weighted by molar-refractivity contribution is 9.10. The Morgan fingerprint density at radius 3 is 2.46 bits per heavy atom. The Bertz CT molecular complexity index is 1740. The minimum Gasteiger partial charge on any atom is -0.390 e. The molecule has 0 bridgehead atoms. The maximum atomic E-state index is 14.0. The molecule has 3 aliphatic rings. The van der Waals surface area contributed by atoms with Crippen molar-refractivity contribution in [3.8, 4) is 11.1 Å². The predicted molar refractivity (Wildman–Crippen MR) is 176 cm³/mol. The summed E-state index contributed by atoms with van der Waals surface area (Å²) in [6, 6.07) is 6.63. The SMILES string of the molecule is CC(=O)C(=[NH2+])c1cc(-c2cnc(C)nc2)cc(C)c1NCC(=O)N1[C@H](C(=O)Nc2nc(Br)ccc2C)C[C@@]2(CN3CC(O)C3)C[C@@H]12. The van der Waals surface area contributed by atoms with Crippen LogP contribution in [0.3, 0.4) is 0 Å². The van der Waals surface area contributed by atoms with Crippen molar-refractivity contribution in [2.24, 2.45) is 5.41 Å². The Kier molecular flexibility index (Phi) is 8.51. The van der Waals surface area contributed by atoms with Crippen LogP contribution in [-0.4, -0.2) is 97.5 Å². The van der Waals surface area contributed by atoms with Crippen molar-refractivity contribution in [3.63, 3.8) is 0 Å². The van der Waals surface area contributed by atoms with E-state index in [2.05, 4.69) is 46.4 Å². The van der Waals surface area contributed by atoms with Crippen LogP contribution < -0.4 is 16.0 Å². The molecule has 3 fully saturated rings.